The van der Waals surface area contributed by atoms with Crippen LogP contribution in [0.1, 0.15) is 11.8 Å². The molecule has 0 saturated carbocycles. The summed E-state index contributed by atoms with van der Waals surface area (Å²) < 4.78 is 6.82. The van der Waals surface area contributed by atoms with Crippen molar-refractivity contribution in [3.63, 3.8) is 0 Å². The lowest BCUT2D eigenvalue weighted by molar-refractivity contribution is -0.156. The standard InChI is InChI=1S/C20H21N7O6/c21-11(6-10-4-2-1-3-5-10)18(30)27(9-28)13-14(29)19(33-15(13)20(31)32)26-8-25-12-16(22)23-7-24-17(12)26/h1-5,7-9,11,13-15,19,29H,6,21H2,(H,31,32)(H2,22,23,24)/t11-,13-,14+,15-,19+/m0/s1. The SMILES string of the molecule is Nc1ncnc2c1ncn2[C@@H]1O[C@H](C(=O)O)[C@@H](N(C=O)C(=O)[C@@H](N)Cc2ccccc2)[C@H]1O. The van der Waals surface area contributed by atoms with Gasteiger partial charge in [-0.15, -0.1) is 0 Å². The largest absolute Gasteiger partial charge is 0.479 e. The molecule has 3 aromatic rings. The average molecular weight is 455 g/mol. The topological polar surface area (TPSA) is 200 Å². The molecular weight excluding hydrogens is 434 g/mol. The molecule has 0 unspecified atom stereocenters. The summed E-state index contributed by atoms with van der Waals surface area (Å²) in [4.78, 5) is 49.3. The number of aliphatic carboxylic acids is 1. The maximum Gasteiger partial charge on any atom is 0.335 e. The number of nitrogens with two attached hydrogens (primary N) is 2. The van der Waals surface area contributed by atoms with E-state index in [2.05, 4.69) is 15.0 Å². The van der Waals surface area contributed by atoms with Crippen LogP contribution in [0.2, 0.25) is 0 Å². The first-order valence-electron chi connectivity index (χ1n) is 9.89. The van der Waals surface area contributed by atoms with Crippen molar-refractivity contribution >= 4 is 35.3 Å². The van der Waals surface area contributed by atoms with E-state index in [0.717, 1.165) is 5.56 Å². The molecule has 3 heterocycles. The van der Waals surface area contributed by atoms with E-state index in [0.29, 0.717) is 4.90 Å². The second-order valence-corrected chi connectivity index (χ2v) is 7.50. The van der Waals surface area contributed by atoms with Gasteiger partial charge < -0.3 is 26.4 Å². The zero-order chi connectivity index (χ0) is 23.7. The molecule has 1 saturated heterocycles. The van der Waals surface area contributed by atoms with Crippen molar-refractivity contribution in [2.45, 2.75) is 36.9 Å². The molecule has 2 aromatic heterocycles. The number of amides is 2. The highest BCUT2D eigenvalue weighted by molar-refractivity contribution is 5.92. The second-order valence-electron chi connectivity index (χ2n) is 7.50. The molecule has 2 amide bonds. The van der Waals surface area contributed by atoms with Gasteiger partial charge in [0.05, 0.1) is 12.4 Å². The number of aliphatic hydroxyl groups excluding tert-OH is 1. The number of nitrogen functional groups attached to an aromatic ring is 1. The molecule has 172 valence electrons. The molecule has 1 aliphatic heterocycles. The van der Waals surface area contributed by atoms with E-state index in [-0.39, 0.29) is 29.8 Å². The quantitative estimate of drug-likeness (QED) is 0.308. The normalized spacial score (nSPS) is 23.3. The number of imidazole rings is 1. The van der Waals surface area contributed by atoms with Crippen molar-refractivity contribution < 1.29 is 29.3 Å². The van der Waals surface area contributed by atoms with Crippen LogP contribution < -0.4 is 11.5 Å². The Hall–Kier alpha value is -3.94. The van der Waals surface area contributed by atoms with Crippen molar-refractivity contribution in [1.29, 1.82) is 0 Å². The molecule has 0 spiro atoms. The Kier molecular flexibility index (Phi) is 6.00. The van der Waals surface area contributed by atoms with Crippen LogP contribution in [0.15, 0.2) is 43.0 Å². The lowest BCUT2D eigenvalue weighted by Crippen LogP contribution is -2.56. The number of carbonyl (C=O) groups is 3. The Morgan fingerprint density at radius 1 is 1.24 bits per heavy atom. The van der Waals surface area contributed by atoms with Gasteiger partial charge in [0, 0.05) is 0 Å². The maximum absolute atomic E-state index is 13.0. The van der Waals surface area contributed by atoms with Crippen LogP contribution in [0.3, 0.4) is 0 Å². The monoisotopic (exact) mass is 455 g/mol. The summed E-state index contributed by atoms with van der Waals surface area (Å²) in [6.45, 7) is 0. The number of carboxylic acid groups (broad SMARTS) is 1. The highest BCUT2D eigenvalue weighted by Gasteiger charge is 2.53. The van der Waals surface area contributed by atoms with Crippen LogP contribution in [-0.4, -0.2) is 77.2 Å². The molecule has 4 rings (SSSR count). The predicted molar refractivity (Wildman–Crippen MR) is 112 cm³/mol. The molecule has 1 aromatic carbocycles. The van der Waals surface area contributed by atoms with Crippen molar-refractivity contribution in [2.75, 3.05) is 5.73 Å². The number of rotatable bonds is 7. The van der Waals surface area contributed by atoms with E-state index in [9.17, 15) is 24.6 Å². The number of benzene rings is 1. The Morgan fingerprint density at radius 2 is 1.97 bits per heavy atom. The Balaban J connectivity index is 1.64. The minimum atomic E-state index is -1.72. The molecule has 1 aliphatic rings. The first-order valence-corrected chi connectivity index (χ1v) is 9.89. The third-order valence-corrected chi connectivity index (χ3v) is 5.45. The van der Waals surface area contributed by atoms with Crippen LogP contribution in [0, 0.1) is 0 Å². The Bertz CT molecular complexity index is 1190. The Labute approximate surface area is 186 Å². The number of fused-ring (bicyclic) bond motifs is 1. The number of hydrogen-bond acceptors (Lipinski definition) is 10. The van der Waals surface area contributed by atoms with Crippen LogP contribution in [0.5, 0.6) is 0 Å². The van der Waals surface area contributed by atoms with Gasteiger partial charge in [-0.3, -0.25) is 19.1 Å². The van der Waals surface area contributed by atoms with Gasteiger partial charge in [0.2, 0.25) is 12.3 Å². The van der Waals surface area contributed by atoms with Crippen LogP contribution in [0.25, 0.3) is 11.2 Å². The molecule has 6 N–H and O–H groups in total. The van der Waals surface area contributed by atoms with Crippen LogP contribution in [0.4, 0.5) is 5.82 Å². The second kappa shape index (κ2) is 8.90. The van der Waals surface area contributed by atoms with Gasteiger partial charge in [0.15, 0.2) is 23.8 Å². The van der Waals surface area contributed by atoms with E-state index >= 15 is 0 Å². The molecule has 0 radical (unpaired) electrons. The number of nitrogens with zero attached hydrogens (tertiary/aromatic N) is 5. The van der Waals surface area contributed by atoms with Gasteiger partial charge in [0.25, 0.3) is 0 Å². The summed E-state index contributed by atoms with van der Waals surface area (Å²) in [5, 5.41) is 20.7. The molecule has 33 heavy (non-hydrogen) atoms. The van der Waals surface area contributed by atoms with E-state index in [1.165, 1.54) is 17.2 Å². The summed E-state index contributed by atoms with van der Waals surface area (Å²) >= 11 is 0. The van der Waals surface area contributed by atoms with Crippen LogP contribution >= 0.6 is 0 Å². The number of carbonyl (C=O) groups excluding carboxylic acids is 2. The van der Waals surface area contributed by atoms with Gasteiger partial charge in [-0.2, -0.15) is 0 Å². The van der Waals surface area contributed by atoms with Gasteiger partial charge >= 0.3 is 5.97 Å². The van der Waals surface area contributed by atoms with Gasteiger partial charge in [-0.05, 0) is 12.0 Å². The fourth-order valence-electron chi connectivity index (χ4n) is 3.88. The summed E-state index contributed by atoms with van der Waals surface area (Å²) in [5.74, 6) is -2.25. The summed E-state index contributed by atoms with van der Waals surface area (Å²) in [5.41, 5.74) is 12.9. The number of hydrogen-bond donors (Lipinski definition) is 4. The van der Waals surface area contributed by atoms with Crippen molar-refractivity contribution in [3.05, 3.63) is 48.5 Å². The van der Waals surface area contributed by atoms with Crippen LogP contribution in [-0.2, 0) is 25.5 Å². The smallest absolute Gasteiger partial charge is 0.335 e. The van der Waals surface area contributed by atoms with E-state index in [1.54, 1.807) is 30.3 Å². The average Bonchev–Trinajstić information content (AvgIpc) is 3.37. The minimum absolute atomic E-state index is 0.0779. The van der Waals surface area contributed by atoms with E-state index in [4.69, 9.17) is 16.2 Å². The molecule has 0 bridgehead atoms. The lowest BCUT2D eigenvalue weighted by atomic mass is 10.0. The lowest BCUT2D eigenvalue weighted by Gasteiger charge is -2.29. The molecule has 13 nitrogen and oxygen atoms in total. The predicted octanol–water partition coefficient (Wildman–Crippen LogP) is -1.32. The zero-order valence-electron chi connectivity index (χ0n) is 17.1. The number of aromatic nitrogens is 4. The van der Waals surface area contributed by atoms with E-state index < -0.39 is 42.4 Å². The maximum atomic E-state index is 13.0. The molecular formula is C20H21N7O6. The third-order valence-electron chi connectivity index (χ3n) is 5.45. The molecule has 1 fully saturated rings. The van der Waals surface area contributed by atoms with Crippen molar-refractivity contribution in [3.8, 4) is 0 Å². The molecule has 13 heteroatoms. The van der Waals surface area contributed by atoms with Gasteiger partial charge in [-0.1, -0.05) is 30.3 Å². The molecule has 5 atom stereocenters. The Morgan fingerprint density at radius 3 is 2.64 bits per heavy atom. The highest BCUT2D eigenvalue weighted by atomic mass is 16.6. The third kappa shape index (κ3) is 4.00. The van der Waals surface area contributed by atoms with Crippen molar-refractivity contribution in [2.24, 2.45) is 5.73 Å². The number of anilines is 1. The fourth-order valence-corrected chi connectivity index (χ4v) is 3.88. The van der Waals surface area contributed by atoms with Gasteiger partial charge in [-0.25, -0.2) is 19.7 Å². The summed E-state index contributed by atoms with van der Waals surface area (Å²) in [6, 6.07) is 6.18. The van der Waals surface area contributed by atoms with Gasteiger partial charge in [0.1, 0.15) is 24.0 Å². The summed E-state index contributed by atoms with van der Waals surface area (Å²) in [7, 11) is 0. The summed E-state index contributed by atoms with van der Waals surface area (Å²) in [6.07, 6.45) is -1.99. The fraction of sp³-hybridized carbons (Fsp3) is 0.300. The number of ether oxygens (including phenoxy) is 1. The van der Waals surface area contributed by atoms with E-state index in [1.807, 2.05) is 0 Å². The minimum Gasteiger partial charge on any atom is -0.479 e. The first kappa shape index (κ1) is 22.3. The highest BCUT2D eigenvalue weighted by Crippen LogP contribution is 2.34. The first-order chi connectivity index (χ1) is 15.8. The zero-order valence-corrected chi connectivity index (χ0v) is 17.1. The number of carboxylic acids is 1. The molecule has 0 aliphatic carbocycles. The number of imide groups is 1. The van der Waals surface area contributed by atoms with Crippen molar-refractivity contribution in [1.82, 2.24) is 24.4 Å². The number of aliphatic hydroxyl groups is 1.